The Bertz CT molecular complexity index is 1080. The summed E-state index contributed by atoms with van der Waals surface area (Å²) in [4.78, 5) is 35.2. The summed E-state index contributed by atoms with van der Waals surface area (Å²) in [7, 11) is 1.29. The summed E-state index contributed by atoms with van der Waals surface area (Å²) in [6.07, 6.45) is 0. The van der Waals surface area contributed by atoms with Gasteiger partial charge in [-0.05, 0) is 42.5 Å². The van der Waals surface area contributed by atoms with E-state index >= 15 is 0 Å². The first kappa shape index (κ1) is 18.9. The van der Waals surface area contributed by atoms with Crippen molar-refractivity contribution in [2.75, 3.05) is 7.11 Å². The van der Waals surface area contributed by atoms with Crippen LogP contribution in [0.4, 0.5) is 5.69 Å². The number of halogens is 1. The van der Waals surface area contributed by atoms with E-state index in [1.165, 1.54) is 31.0 Å². The highest BCUT2D eigenvalue weighted by Crippen LogP contribution is 2.19. The smallest absolute Gasteiger partial charge is 0.337 e. The molecule has 0 aliphatic heterocycles. The molecule has 0 aliphatic rings. The molecular weight excluding hydrogens is 388 g/mol. The zero-order valence-electron chi connectivity index (χ0n) is 14.2. The molecule has 1 heterocycles. The molecule has 1 aromatic heterocycles. The number of aromatic amines is 1. The third-order valence-electron chi connectivity index (χ3n) is 3.60. The fourth-order valence-corrected chi connectivity index (χ4v) is 3.04. The lowest BCUT2D eigenvalue weighted by atomic mass is 10.1. The maximum Gasteiger partial charge on any atom is 0.337 e. The number of ether oxygens (including phenoxy) is 1. The van der Waals surface area contributed by atoms with Crippen LogP contribution in [0.1, 0.15) is 16.2 Å². The molecule has 0 spiro atoms. The van der Waals surface area contributed by atoms with Crippen molar-refractivity contribution in [2.24, 2.45) is 10.7 Å². The number of fused-ring (bicyclic) bond motifs is 1. The third kappa shape index (κ3) is 4.66. The number of hydrogen-bond donors (Lipinski definition) is 2. The van der Waals surface area contributed by atoms with Gasteiger partial charge in [0.25, 0.3) is 5.56 Å². The molecule has 0 atom stereocenters. The van der Waals surface area contributed by atoms with Crippen LogP contribution in [0.15, 0.2) is 52.3 Å². The molecule has 0 amide bonds. The fraction of sp³-hybridized carbons (Fsp3) is 0.111. The highest BCUT2D eigenvalue weighted by molar-refractivity contribution is 8.13. The first-order valence-electron chi connectivity index (χ1n) is 7.80. The van der Waals surface area contributed by atoms with E-state index in [-0.39, 0.29) is 5.56 Å². The molecule has 7 nitrogen and oxygen atoms in total. The average molecular weight is 403 g/mol. The number of nitrogens with zero attached hydrogens (tertiary/aromatic N) is 2. The average Bonchev–Trinajstić information content (AvgIpc) is 2.67. The number of benzene rings is 2. The second kappa shape index (κ2) is 8.24. The zero-order valence-corrected chi connectivity index (χ0v) is 15.8. The molecule has 3 N–H and O–H groups in total. The highest BCUT2D eigenvalue weighted by atomic mass is 35.5. The van der Waals surface area contributed by atoms with E-state index in [1.54, 1.807) is 30.3 Å². The lowest BCUT2D eigenvalue weighted by Gasteiger charge is -2.05. The summed E-state index contributed by atoms with van der Waals surface area (Å²) in [5.74, 6) is 0.249. The maximum absolute atomic E-state index is 12.2. The summed E-state index contributed by atoms with van der Waals surface area (Å²) >= 11 is 7.07. The first-order valence-corrected chi connectivity index (χ1v) is 9.16. The largest absolute Gasteiger partial charge is 0.465 e. The van der Waals surface area contributed by atoms with Crippen LogP contribution in [0.2, 0.25) is 5.02 Å². The van der Waals surface area contributed by atoms with Gasteiger partial charge >= 0.3 is 5.97 Å². The molecule has 0 unspecified atom stereocenters. The summed E-state index contributed by atoms with van der Waals surface area (Å²) < 4.78 is 4.69. The predicted octanol–water partition coefficient (Wildman–Crippen LogP) is 3.24. The number of H-pyrrole nitrogens is 1. The van der Waals surface area contributed by atoms with E-state index in [0.717, 1.165) is 0 Å². The second-order valence-corrected chi connectivity index (χ2v) is 6.88. The van der Waals surface area contributed by atoms with E-state index in [9.17, 15) is 9.59 Å². The minimum absolute atomic E-state index is 0.291. The van der Waals surface area contributed by atoms with Crippen LogP contribution in [-0.4, -0.2) is 28.2 Å². The number of nitrogens with two attached hydrogens (primary N) is 1. The molecule has 2 aromatic carbocycles. The van der Waals surface area contributed by atoms with Gasteiger partial charge in [0.2, 0.25) is 0 Å². The Morgan fingerprint density at radius 3 is 2.74 bits per heavy atom. The van der Waals surface area contributed by atoms with Gasteiger partial charge < -0.3 is 15.5 Å². The van der Waals surface area contributed by atoms with Crippen molar-refractivity contribution in [1.29, 1.82) is 0 Å². The molecule has 3 rings (SSSR count). The van der Waals surface area contributed by atoms with Gasteiger partial charge in [-0.15, -0.1) is 0 Å². The molecule has 138 valence electrons. The van der Waals surface area contributed by atoms with Crippen LogP contribution in [-0.2, 0) is 10.5 Å². The Hall–Kier alpha value is -2.84. The number of carbonyl (C=O) groups excluding carboxylic acids is 1. The van der Waals surface area contributed by atoms with E-state index in [1.807, 2.05) is 0 Å². The fourth-order valence-electron chi connectivity index (χ4n) is 2.32. The van der Waals surface area contributed by atoms with Crippen LogP contribution in [0.25, 0.3) is 10.9 Å². The van der Waals surface area contributed by atoms with Gasteiger partial charge in [0.1, 0.15) is 5.82 Å². The highest BCUT2D eigenvalue weighted by Gasteiger charge is 2.10. The van der Waals surface area contributed by atoms with Crippen molar-refractivity contribution in [1.82, 2.24) is 9.97 Å². The van der Waals surface area contributed by atoms with Crippen LogP contribution in [0, 0.1) is 0 Å². The lowest BCUT2D eigenvalue weighted by Crippen LogP contribution is -2.13. The third-order valence-corrected chi connectivity index (χ3v) is 4.66. The quantitative estimate of drug-likeness (QED) is 0.393. The van der Waals surface area contributed by atoms with E-state index < -0.39 is 5.97 Å². The summed E-state index contributed by atoms with van der Waals surface area (Å²) in [6.45, 7) is 0. The number of carbonyl (C=O) groups is 1. The summed E-state index contributed by atoms with van der Waals surface area (Å²) in [5.41, 5.74) is 7.04. The van der Waals surface area contributed by atoms with Crippen molar-refractivity contribution in [2.45, 2.75) is 5.75 Å². The molecule has 9 heteroatoms. The number of esters is 1. The maximum atomic E-state index is 12.2. The normalized spacial score (nSPS) is 11.6. The van der Waals surface area contributed by atoms with Crippen molar-refractivity contribution in [3.8, 4) is 0 Å². The van der Waals surface area contributed by atoms with Gasteiger partial charge in [-0.3, -0.25) is 4.79 Å². The lowest BCUT2D eigenvalue weighted by molar-refractivity contribution is 0.0601. The molecule has 3 aromatic rings. The van der Waals surface area contributed by atoms with Crippen molar-refractivity contribution >= 4 is 51.1 Å². The Morgan fingerprint density at radius 1 is 1.30 bits per heavy atom. The molecule has 0 bridgehead atoms. The summed E-state index contributed by atoms with van der Waals surface area (Å²) in [5, 5.41) is 1.33. The molecule has 0 saturated carbocycles. The van der Waals surface area contributed by atoms with Gasteiger partial charge in [0.05, 0.1) is 35.0 Å². The molecule has 27 heavy (non-hydrogen) atoms. The Balaban J connectivity index is 1.81. The number of rotatable bonds is 4. The molecule has 0 fully saturated rings. The van der Waals surface area contributed by atoms with Gasteiger partial charge in [0.15, 0.2) is 5.17 Å². The second-order valence-electron chi connectivity index (χ2n) is 5.45. The number of hydrogen-bond acceptors (Lipinski definition) is 6. The topological polar surface area (TPSA) is 110 Å². The standard InChI is InChI=1S/C18H15ClN4O3S/c1-26-17(25)10-2-7-13-14(8-10)22-15(23-16(13)24)9-27-18(20)21-12-5-3-11(19)4-6-12/h2-8H,9H2,1H3,(H2,20,21)(H,22,23,24). The van der Waals surface area contributed by atoms with Gasteiger partial charge in [-0.1, -0.05) is 23.4 Å². The van der Waals surface area contributed by atoms with Crippen molar-refractivity contribution < 1.29 is 9.53 Å². The minimum atomic E-state index is -0.491. The number of methoxy groups -OCH3 is 1. The molecular formula is C18H15ClN4O3S. The monoisotopic (exact) mass is 402 g/mol. The predicted molar refractivity (Wildman–Crippen MR) is 108 cm³/mol. The number of aromatic nitrogens is 2. The van der Waals surface area contributed by atoms with E-state index in [0.29, 0.717) is 43.9 Å². The van der Waals surface area contributed by atoms with Crippen LogP contribution in [0.5, 0.6) is 0 Å². The molecule has 0 aliphatic carbocycles. The van der Waals surface area contributed by atoms with Crippen molar-refractivity contribution in [3.63, 3.8) is 0 Å². The van der Waals surface area contributed by atoms with E-state index in [4.69, 9.17) is 22.1 Å². The first-order chi connectivity index (χ1) is 13.0. The molecule has 0 radical (unpaired) electrons. The summed E-state index contributed by atoms with van der Waals surface area (Å²) in [6, 6.07) is 11.5. The number of thioether (sulfide) groups is 1. The van der Waals surface area contributed by atoms with Gasteiger partial charge in [-0.2, -0.15) is 0 Å². The van der Waals surface area contributed by atoms with Gasteiger partial charge in [-0.25, -0.2) is 14.8 Å². The van der Waals surface area contributed by atoms with Gasteiger partial charge in [0, 0.05) is 5.02 Å². The number of nitrogens with one attached hydrogen (secondary N) is 1. The Morgan fingerprint density at radius 2 is 2.04 bits per heavy atom. The van der Waals surface area contributed by atoms with Crippen LogP contribution in [0.3, 0.4) is 0 Å². The van der Waals surface area contributed by atoms with Crippen LogP contribution >= 0.6 is 23.4 Å². The van der Waals surface area contributed by atoms with Crippen LogP contribution < -0.4 is 11.3 Å². The van der Waals surface area contributed by atoms with Crippen molar-refractivity contribution in [3.05, 3.63) is 69.2 Å². The Kier molecular flexibility index (Phi) is 5.78. The number of amidine groups is 1. The SMILES string of the molecule is COC(=O)c1ccc2c(=O)[nH]c(CSC(N)=Nc3ccc(Cl)cc3)nc2c1. The molecule has 0 saturated heterocycles. The zero-order chi connectivity index (χ0) is 19.4. The Labute approximate surface area is 163 Å². The van der Waals surface area contributed by atoms with E-state index in [2.05, 4.69) is 15.0 Å². The minimum Gasteiger partial charge on any atom is -0.465 e. The number of aliphatic imine (C=N–C) groups is 1.